The van der Waals surface area contributed by atoms with E-state index in [-0.39, 0.29) is 0 Å². The summed E-state index contributed by atoms with van der Waals surface area (Å²) >= 11 is 0. The van der Waals surface area contributed by atoms with Gasteiger partial charge in [-0.2, -0.15) is 0 Å². The third-order valence-electron chi connectivity index (χ3n) is 11.2. The molecule has 262 valence electrons. The van der Waals surface area contributed by atoms with Crippen LogP contribution in [-0.4, -0.2) is 0 Å². The molecule has 1 aromatic heterocycles. The van der Waals surface area contributed by atoms with Gasteiger partial charge in [-0.3, -0.25) is 0 Å². The first-order valence-corrected chi connectivity index (χ1v) is 19.2. The fourth-order valence-corrected chi connectivity index (χ4v) is 8.59. The van der Waals surface area contributed by atoms with Crippen molar-refractivity contribution in [3.63, 3.8) is 0 Å². The number of anilines is 3. The molecule has 0 unspecified atom stereocenters. The molecule has 0 radical (unpaired) electrons. The Morgan fingerprint density at radius 1 is 0.304 bits per heavy atom. The number of para-hydroxylation sites is 1. The lowest BCUT2D eigenvalue weighted by molar-refractivity contribution is 0.669. The molecule has 0 aliphatic heterocycles. The number of fused-ring (bicyclic) bond motifs is 7. The van der Waals surface area contributed by atoms with Gasteiger partial charge in [-0.25, -0.2) is 0 Å². The van der Waals surface area contributed by atoms with Gasteiger partial charge in [0.25, 0.3) is 0 Å². The number of hydrogen-bond acceptors (Lipinski definition) is 2. The van der Waals surface area contributed by atoms with Gasteiger partial charge in [-0.15, -0.1) is 0 Å². The Morgan fingerprint density at radius 3 is 1.70 bits per heavy atom. The Hall–Kier alpha value is -7.42. The van der Waals surface area contributed by atoms with Crippen LogP contribution < -0.4 is 4.90 Å². The van der Waals surface area contributed by atoms with Crippen molar-refractivity contribution in [2.75, 3.05) is 4.90 Å². The predicted octanol–water partition coefficient (Wildman–Crippen LogP) is 15.5. The van der Waals surface area contributed by atoms with Crippen molar-refractivity contribution in [2.24, 2.45) is 0 Å². The molecule has 0 saturated carbocycles. The summed E-state index contributed by atoms with van der Waals surface area (Å²) in [5.41, 5.74) is 12.0. The Bertz CT molecular complexity index is 3250. The summed E-state index contributed by atoms with van der Waals surface area (Å²) in [7, 11) is 0. The standard InChI is InChI=1S/C54H35NO/c1-3-14-36(15-4-1)45-22-11-12-24-51(45)55(42-29-28-39-27-26-38-18-9-10-21-44(38)48(39)34-42)43-30-31-46(49(35-43)37-16-5-2-6-17-37)47-23-13-25-52-54(47)50-32-40-19-7-8-20-41(40)33-53(50)56-52/h1-35H. The molecule has 2 heteroatoms. The second-order valence-corrected chi connectivity index (χ2v) is 14.5. The molecule has 0 saturated heterocycles. The first-order valence-electron chi connectivity index (χ1n) is 19.2. The van der Waals surface area contributed by atoms with E-state index in [9.17, 15) is 0 Å². The van der Waals surface area contributed by atoms with Crippen LogP contribution in [0, 0.1) is 0 Å². The van der Waals surface area contributed by atoms with Gasteiger partial charge in [0.1, 0.15) is 11.2 Å². The van der Waals surface area contributed by atoms with E-state index >= 15 is 0 Å². The highest BCUT2D eigenvalue weighted by atomic mass is 16.3. The third kappa shape index (κ3) is 5.34. The Kier molecular flexibility index (Phi) is 7.53. The summed E-state index contributed by atoms with van der Waals surface area (Å²) in [4.78, 5) is 2.43. The average molecular weight is 714 g/mol. The molecule has 0 aliphatic carbocycles. The molecule has 1 heterocycles. The molecule has 0 N–H and O–H groups in total. The van der Waals surface area contributed by atoms with Gasteiger partial charge >= 0.3 is 0 Å². The predicted molar refractivity (Wildman–Crippen MR) is 237 cm³/mol. The van der Waals surface area contributed by atoms with Crippen molar-refractivity contribution in [1.29, 1.82) is 0 Å². The Balaban J connectivity index is 1.18. The van der Waals surface area contributed by atoms with Crippen molar-refractivity contribution in [1.82, 2.24) is 0 Å². The first-order chi connectivity index (χ1) is 27.8. The van der Waals surface area contributed by atoms with Crippen molar-refractivity contribution >= 4 is 71.3 Å². The van der Waals surface area contributed by atoms with Gasteiger partial charge in [-0.05, 0) is 109 Å². The van der Waals surface area contributed by atoms with E-state index in [0.717, 1.165) is 61.3 Å². The number of furan rings is 1. The summed E-state index contributed by atoms with van der Waals surface area (Å²) < 4.78 is 6.56. The molecule has 11 rings (SSSR count). The normalized spacial score (nSPS) is 11.6. The van der Waals surface area contributed by atoms with Crippen molar-refractivity contribution in [3.8, 4) is 33.4 Å². The first kappa shape index (κ1) is 32.0. The van der Waals surface area contributed by atoms with Crippen LogP contribution in [-0.2, 0) is 0 Å². The fourth-order valence-electron chi connectivity index (χ4n) is 8.59. The minimum Gasteiger partial charge on any atom is -0.456 e. The van der Waals surface area contributed by atoms with Crippen molar-refractivity contribution < 1.29 is 4.42 Å². The fraction of sp³-hybridized carbons (Fsp3) is 0. The average Bonchev–Trinajstić information content (AvgIpc) is 3.64. The van der Waals surface area contributed by atoms with Crippen molar-refractivity contribution in [3.05, 3.63) is 212 Å². The second kappa shape index (κ2) is 13.2. The highest BCUT2D eigenvalue weighted by Gasteiger charge is 2.22. The number of benzene rings is 10. The van der Waals surface area contributed by atoms with E-state index < -0.39 is 0 Å². The molecule has 0 aliphatic rings. The molecule has 11 aromatic rings. The smallest absolute Gasteiger partial charge is 0.136 e. The SMILES string of the molecule is c1ccc(-c2cc(N(c3ccc4ccc5ccccc5c4c3)c3ccccc3-c3ccccc3)ccc2-c2cccc3oc4cc5ccccc5cc4c23)cc1. The lowest BCUT2D eigenvalue weighted by Gasteiger charge is -2.29. The monoisotopic (exact) mass is 713 g/mol. The van der Waals surface area contributed by atoms with E-state index in [1.807, 2.05) is 0 Å². The second-order valence-electron chi connectivity index (χ2n) is 14.5. The molecular formula is C54H35NO. The molecule has 10 aromatic carbocycles. The van der Waals surface area contributed by atoms with Gasteiger partial charge < -0.3 is 9.32 Å². The van der Waals surface area contributed by atoms with Gasteiger partial charge in [0.2, 0.25) is 0 Å². The zero-order valence-corrected chi connectivity index (χ0v) is 30.6. The molecule has 56 heavy (non-hydrogen) atoms. The number of nitrogens with zero attached hydrogens (tertiary/aromatic N) is 1. The molecule has 2 nitrogen and oxygen atoms in total. The van der Waals surface area contributed by atoms with Crippen LogP contribution in [0.15, 0.2) is 217 Å². The van der Waals surface area contributed by atoms with E-state index in [0.29, 0.717) is 0 Å². The van der Waals surface area contributed by atoms with Gasteiger partial charge in [0.15, 0.2) is 0 Å². The third-order valence-corrected chi connectivity index (χ3v) is 11.2. The number of rotatable bonds is 6. The van der Waals surface area contributed by atoms with Crippen LogP contribution in [0.2, 0.25) is 0 Å². The molecule has 0 atom stereocenters. The molecule has 0 amide bonds. The van der Waals surface area contributed by atoms with Crippen LogP contribution >= 0.6 is 0 Å². The van der Waals surface area contributed by atoms with Gasteiger partial charge in [-0.1, -0.05) is 164 Å². The lowest BCUT2D eigenvalue weighted by Crippen LogP contribution is -2.11. The molecule has 0 spiro atoms. The summed E-state index contributed by atoms with van der Waals surface area (Å²) in [6.07, 6.45) is 0. The molecule has 0 bridgehead atoms. The maximum Gasteiger partial charge on any atom is 0.136 e. The highest BCUT2D eigenvalue weighted by Crippen LogP contribution is 2.47. The van der Waals surface area contributed by atoms with Gasteiger partial charge in [0.05, 0.1) is 5.69 Å². The van der Waals surface area contributed by atoms with E-state index in [2.05, 4.69) is 217 Å². The minimum atomic E-state index is 0.887. The van der Waals surface area contributed by atoms with Gasteiger partial charge in [0, 0.05) is 27.7 Å². The number of hydrogen-bond donors (Lipinski definition) is 0. The van der Waals surface area contributed by atoms with Crippen LogP contribution in [0.25, 0.3) is 87.6 Å². The van der Waals surface area contributed by atoms with Crippen LogP contribution in [0.1, 0.15) is 0 Å². The molecule has 0 fully saturated rings. The molecular weight excluding hydrogens is 679 g/mol. The zero-order valence-electron chi connectivity index (χ0n) is 30.6. The Morgan fingerprint density at radius 2 is 0.893 bits per heavy atom. The summed E-state index contributed by atoms with van der Waals surface area (Å²) in [5, 5.41) is 9.56. The maximum atomic E-state index is 6.56. The highest BCUT2D eigenvalue weighted by molar-refractivity contribution is 6.17. The van der Waals surface area contributed by atoms with Crippen molar-refractivity contribution in [2.45, 2.75) is 0 Å². The van der Waals surface area contributed by atoms with Crippen LogP contribution in [0.4, 0.5) is 17.1 Å². The summed E-state index contributed by atoms with van der Waals surface area (Å²) in [5.74, 6) is 0. The van der Waals surface area contributed by atoms with Crippen LogP contribution in [0.3, 0.4) is 0 Å². The zero-order chi connectivity index (χ0) is 37.0. The van der Waals surface area contributed by atoms with E-state index in [1.165, 1.54) is 43.4 Å². The summed E-state index contributed by atoms with van der Waals surface area (Å²) in [6.45, 7) is 0. The minimum absolute atomic E-state index is 0.887. The maximum absolute atomic E-state index is 6.56. The van der Waals surface area contributed by atoms with E-state index in [4.69, 9.17) is 4.42 Å². The quantitative estimate of drug-likeness (QED) is 0.160. The topological polar surface area (TPSA) is 16.4 Å². The Labute approximate surface area is 325 Å². The summed E-state index contributed by atoms with van der Waals surface area (Å²) in [6, 6.07) is 76.6. The van der Waals surface area contributed by atoms with E-state index in [1.54, 1.807) is 0 Å². The lowest BCUT2D eigenvalue weighted by atomic mass is 9.90. The largest absolute Gasteiger partial charge is 0.456 e. The van der Waals surface area contributed by atoms with Crippen LogP contribution in [0.5, 0.6) is 0 Å².